The van der Waals surface area contributed by atoms with Crippen molar-refractivity contribution in [1.29, 1.82) is 0 Å². The zero-order valence-corrected chi connectivity index (χ0v) is 14.3. The molecule has 8 heteroatoms. The van der Waals surface area contributed by atoms with E-state index in [0.717, 1.165) is 0 Å². The molecule has 1 rings (SSSR count). The Morgan fingerprint density at radius 2 is 1.71 bits per heavy atom. The Hall–Kier alpha value is -2.48. The number of amides is 1. The van der Waals surface area contributed by atoms with Crippen LogP contribution in [0, 0.1) is 0 Å². The number of carbonyl (C=O) groups is 2. The lowest BCUT2D eigenvalue weighted by Gasteiger charge is -2.16. The molecule has 0 saturated heterocycles. The van der Waals surface area contributed by atoms with Crippen molar-refractivity contribution in [3.63, 3.8) is 0 Å². The Bertz CT molecular complexity index is 551. The van der Waals surface area contributed by atoms with Crippen LogP contribution in [0.2, 0.25) is 0 Å². The summed E-state index contributed by atoms with van der Waals surface area (Å²) in [5, 5.41) is 14.5. The minimum absolute atomic E-state index is 0.117. The zero-order chi connectivity index (χ0) is 18.1. The largest absolute Gasteiger partial charge is 0.493 e. The Morgan fingerprint density at radius 1 is 1.12 bits per heavy atom. The number of aliphatic carboxylic acids is 1. The highest BCUT2D eigenvalue weighted by Crippen LogP contribution is 2.39. The molecule has 1 aromatic rings. The summed E-state index contributed by atoms with van der Waals surface area (Å²) in [4.78, 5) is 23.1. The highest BCUT2D eigenvalue weighted by atomic mass is 16.5. The minimum Gasteiger partial charge on any atom is -0.493 e. The number of carbonyl (C=O) groups excluding carboxylic acids is 1. The van der Waals surface area contributed by atoms with Gasteiger partial charge in [-0.2, -0.15) is 0 Å². The molecule has 3 N–H and O–H groups in total. The summed E-state index contributed by atoms with van der Waals surface area (Å²) in [5.41, 5.74) is 0.457. The van der Waals surface area contributed by atoms with Gasteiger partial charge in [0.2, 0.25) is 11.7 Å². The monoisotopic (exact) mass is 340 g/mol. The SMILES string of the molecule is CCCC(NCC(=O)Nc1cc(OC)c(OC)c(OC)c1)C(=O)O. The van der Waals surface area contributed by atoms with Gasteiger partial charge in [0.05, 0.1) is 27.9 Å². The van der Waals surface area contributed by atoms with E-state index in [2.05, 4.69) is 10.6 Å². The number of carboxylic acid groups (broad SMARTS) is 1. The van der Waals surface area contributed by atoms with Crippen LogP contribution >= 0.6 is 0 Å². The van der Waals surface area contributed by atoms with Crippen LogP contribution in [0.15, 0.2) is 12.1 Å². The lowest BCUT2D eigenvalue weighted by molar-refractivity contribution is -0.139. The quantitative estimate of drug-likeness (QED) is 0.592. The third-order valence-electron chi connectivity index (χ3n) is 3.33. The molecule has 1 aromatic carbocycles. The van der Waals surface area contributed by atoms with E-state index < -0.39 is 12.0 Å². The predicted molar refractivity (Wildman–Crippen MR) is 89.1 cm³/mol. The Morgan fingerprint density at radius 3 is 2.12 bits per heavy atom. The summed E-state index contributed by atoms with van der Waals surface area (Å²) in [6, 6.07) is 2.45. The van der Waals surface area contributed by atoms with Gasteiger partial charge in [-0.25, -0.2) is 0 Å². The van der Waals surface area contributed by atoms with Crippen LogP contribution < -0.4 is 24.8 Å². The molecule has 0 saturated carbocycles. The second-order valence-corrected chi connectivity index (χ2v) is 5.02. The molecule has 0 aliphatic carbocycles. The highest BCUT2D eigenvalue weighted by Gasteiger charge is 2.18. The number of carboxylic acids is 1. The van der Waals surface area contributed by atoms with Crippen LogP contribution in [-0.4, -0.2) is 50.9 Å². The van der Waals surface area contributed by atoms with Crippen molar-refractivity contribution >= 4 is 17.6 Å². The number of anilines is 1. The molecular formula is C16H24N2O6. The van der Waals surface area contributed by atoms with E-state index in [1.807, 2.05) is 6.92 Å². The Balaban J connectivity index is 2.78. The van der Waals surface area contributed by atoms with E-state index in [1.165, 1.54) is 21.3 Å². The van der Waals surface area contributed by atoms with Gasteiger partial charge in [-0.05, 0) is 6.42 Å². The average Bonchev–Trinajstić information content (AvgIpc) is 2.57. The lowest BCUT2D eigenvalue weighted by Crippen LogP contribution is -2.41. The van der Waals surface area contributed by atoms with Gasteiger partial charge in [0.15, 0.2) is 11.5 Å². The maximum Gasteiger partial charge on any atom is 0.320 e. The maximum atomic E-state index is 12.0. The molecule has 1 unspecified atom stereocenters. The predicted octanol–water partition coefficient (Wildman–Crippen LogP) is 1.49. The van der Waals surface area contributed by atoms with Crippen molar-refractivity contribution in [3.8, 4) is 17.2 Å². The van der Waals surface area contributed by atoms with Crippen LogP contribution in [0.1, 0.15) is 19.8 Å². The van der Waals surface area contributed by atoms with Crippen molar-refractivity contribution in [3.05, 3.63) is 12.1 Å². The molecule has 0 aliphatic rings. The molecule has 134 valence electrons. The molecule has 0 aliphatic heterocycles. The van der Waals surface area contributed by atoms with Gasteiger partial charge in [0.1, 0.15) is 6.04 Å². The molecular weight excluding hydrogens is 316 g/mol. The number of hydrogen-bond acceptors (Lipinski definition) is 6. The third-order valence-corrected chi connectivity index (χ3v) is 3.33. The summed E-state index contributed by atoms with van der Waals surface area (Å²) < 4.78 is 15.6. The standard InChI is InChI=1S/C16H24N2O6/c1-5-6-11(16(20)21)17-9-14(19)18-10-7-12(22-2)15(24-4)13(8-10)23-3/h7-8,11,17H,5-6,9H2,1-4H3,(H,18,19)(H,20,21). The fourth-order valence-corrected chi connectivity index (χ4v) is 2.18. The van der Waals surface area contributed by atoms with Gasteiger partial charge in [-0.1, -0.05) is 13.3 Å². The van der Waals surface area contributed by atoms with Crippen molar-refractivity contribution < 1.29 is 28.9 Å². The molecule has 0 bridgehead atoms. The van der Waals surface area contributed by atoms with Gasteiger partial charge in [-0.15, -0.1) is 0 Å². The third kappa shape index (κ3) is 5.31. The average molecular weight is 340 g/mol. The van der Waals surface area contributed by atoms with Gasteiger partial charge >= 0.3 is 5.97 Å². The first-order valence-corrected chi connectivity index (χ1v) is 7.52. The molecule has 1 amide bonds. The van der Waals surface area contributed by atoms with Crippen LogP contribution in [0.4, 0.5) is 5.69 Å². The molecule has 0 aromatic heterocycles. The van der Waals surface area contributed by atoms with Crippen molar-refractivity contribution in [2.24, 2.45) is 0 Å². The molecule has 0 radical (unpaired) electrons. The minimum atomic E-state index is -0.975. The summed E-state index contributed by atoms with van der Waals surface area (Å²) in [6.45, 7) is 1.77. The second kappa shape index (κ2) is 9.61. The number of nitrogens with one attached hydrogen (secondary N) is 2. The molecule has 0 heterocycles. The number of hydrogen-bond donors (Lipinski definition) is 3. The van der Waals surface area contributed by atoms with E-state index in [-0.39, 0.29) is 12.5 Å². The molecule has 1 atom stereocenters. The van der Waals surface area contributed by atoms with Gasteiger partial charge in [0.25, 0.3) is 0 Å². The molecule has 8 nitrogen and oxygen atoms in total. The lowest BCUT2D eigenvalue weighted by atomic mass is 10.1. The zero-order valence-electron chi connectivity index (χ0n) is 14.3. The van der Waals surface area contributed by atoms with Gasteiger partial charge < -0.3 is 24.6 Å². The van der Waals surface area contributed by atoms with Crippen LogP contribution in [0.3, 0.4) is 0 Å². The summed E-state index contributed by atoms with van der Waals surface area (Å²) in [7, 11) is 4.45. The first-order chi connectivity index (χ1) is 11.5. The van der Waals surface area contributed by atoms with E-state index in [0.29, 0.717) is 35.8 Å². The highest BCUT2D eigenvalue weighted by molar-refractivity contribution is 5.93. The van der Waals surface area contributed by atoms with Gasteiger partial charge in [-0.3, -0.25) is 14.9 Å². The smallest absolute Gasteiger partial charge is 0.320 e. The fourth-order valence-electron chi connectivity index (χ4n) is 2.18. The first-order valence-electron chi connectivity index (χ1n) is 7.52. The Kier molecular flexibility index (Phi) is 7.84. The maximum absolute atomic E-state index is 12.0. The Labute approximate surface area is 141 Å². The van der Waals surface area contributed by atoms with E-state index in [1.54, 1.807) is 12.1 Å². The first kappa shape index (κ1) is 19.6. The van der Waals surface area contributed by atoms with Crippen LogP contribution in [0.5, 0.6) is 17.2 Å². The summed E-state index contributed by atoms with van der Waals surface area (Å²) in [6.07, 6.45) is 1.16. The topological polar surface area (TPSA) is 106 Å². The van der Waals surface area contributed by atoms with Crippen LogP contribution in [-0.2, 0) is 9.59 Å². The number of ether oxygens (including phenoxy) is 3. The van der Waals surface area contributed by atoms with E-state index in [4.69, 9.17) is 19.3 Å². The number of rotatable bonds is 10. The normalized spacial score (nSPS) is 11.5. The van der Waals surface area contributed by atoms with Gasteiger partial charge in [0, 0.05) is 17.8 Å². The van der Waals surface area contributed by atoms with E-state index >= 15 is 0 Å². The van der Waals surface area contributed by atoms with Crippen molar-refractivity contribution in [2.45, 2.75) is 25.8 Å². The molecule has 24 heavy (non-hydrogen) atoms. The number of benzene rings is 1. The second-order valence-electron chi connectivity index (χ2n) is 5.02. The van der Waals surface area contributed by atoms with Crippen molar-refractivity contribution in [1.82, 2.24) is 5.32 Å². The fraction of sp³-hybridized carbons (Fsp3) is 0.500. The number of methoxy groups -OCH3 is 3. The summed E-state index contributed by atoms with van der Waals surface area (Å²) >= 11 is 0. The molecule has 0 fully saturated rings. The van der Waals surface area contributed by atoms with E-state index in [9.17, 15) is 9.59 Å². The van der Waals surface area contributed by atoms with Crippen LogP contribution in [0.25, 0.3) is 0 Å². The van der Waals surface area contributed by atoms with Crippen molar-refractivity contribution in [2.75, 3.05) is 33.2 Å². The summed E-state index contributed by atoms with van der Waals surface area (Å²) in [5.74, 6) is -0.0990. The molecule has 0 spiro atoms.